The number of unbranched alkanes of at least 4 members (excludes halogenated alkanes) is 34. The molecule has 12 atom stereocenters. The van der Waals surface area contributed by atoms with Crippen molar-refractivity contribution in [2.75, 3.05) is 19.8 Å². The fourth-order valence-electron chi connectivity index (χ4n) is 12.7. The highest BCUT2D eigenvalue weighted by Crippen LogP contribution is 2.30. The van der Waals surface area contributed by atoms with Gasteiger partial charge in [-0.25, -0.2) is 0 Å². The Balaban J connectivity index is 1.62. The van der Waals surface area contributed by atoms with Gasteiger partial charge in [0.1, 0.15) is 48.8 Å². The van der Waals surface area contributed by atoms with Crippen LogP contribution in [-0.2, 0) is 23.7 Å². The Hall–Kier alpha value is -3.87. The van der Waals surface area contributed by atoms with E-state index in [4.69, 9.17) is 18.9 Å². The summed E-state index contributed by atoms with van der Waals surface area (Å²) in [6, 6.07) is -0.942. The predicted octanol–water partition coefficient (Wildman–Crippen LogP) is 19.0. The number of aliphatic hydroxyl groups excluding tert-OH is 8. The van der Waals surface area contributed by atoms with Crippen molar-refractivity contribution in [2.24, 2.45) is 0 Å². The van der Waals surface area contributed by atoms with Gasteiger partial charge < -0.3 is 65.1 Å². The van der Waals surface area contributed by atoms with Gasteiger partial charge in [0.15, 0.2) is 12.6 Å². The Morgan fingerprint density at radius 3 is 1.09 bits per heavy atom. The molecule has 2 aliphatic heterocycles. The number of allylic oxidation sites excluding steroid dienone is 21. The molecule has 0 aromatic rings. The minimum Gasteiger partial charge on any atom is -0.394 e. The van der Waals surface area contributed by atoms with Gasteiger partial charge in [-0.05, 0) is 103 Å². The molecular weight excluding hydrogens is 1270 g/mol. The first-order valence-electron chi connectivity index (χ1n) is 40.9. The van der Waals surface area contributed by atoms with Gasteiger partial charge >= 0.3 is 0 Å². The molecule has 2 fully saturated rings. The van der Waals surface area contributed by atoms with E-state index in [1.54, 1.807) is 6.08 Å². The summed E-state index contributed by atoms with van der Waals surface area (Å²) in [4.78, 5) is 13.4. The van der Waals surface area contributed by atoms with Crippen molar-refractivity contribution in [3.63, 3.8) is 0 Å². The monoisotopic (exact) mass is 1420 g/mol. The van der Waals surface area contributed by atoms with Gasteiger partial charge in [-0.2, -0.15) is 0 Å². The van der Waals surface area contributed by atoms with Crippen LogP contribution in [0.15, 0.2) is 134 Å². The zero-order chi connectivity index (χ0) is 73.0. The van der Waals surface area contributed by atoms with Crippen molar-refractivity contribution in [3.05, 3.63) is 134 Å². The van der Waals surface area contributed by atoms with Crippen LogP contribution >= 0.6 is 0 Å². The van der Waals surface area contributed by atoms with E-state index in [-0.39, 0.29) is 18.9 Å². The van der Waals surface area contributed by atoms with E-state index >= 15 is 0 Å². The quantitative estimate of drug-likeness (QED) is 0.0204. The number of rotatable bonds is 67. The molecule has 580 valence electrons. The SMILES string of the molecule is CC/C=C\C/C=C\C/C=C\C/C=C\C/C=C\C/C=C\C/C=C\C/C=C\C/C=C\CCCCCCCCCCCCCCCC(=O)NC(COC1OC(CO)C(OC2OC(CO)C(O)C(O)C2O)C(O)C1O)C(O)/C=C/CC/C=C/CCCCCCCCCCCCCCCCCCCCCC. The third-order valence-corrected chi connectivity index (χ3v) is 19.1. The molecule has 0 aromatic carbocycles. The van der Waals surface area contributed by atoms with Crippen molar-refractivity contribution in [1.29, 1.82) is 0 Å². The highest BCUT2D eigenvalue weighted by molar-refractivity contribution is 5.76. The van der Waals surface area contributed by atoms with Crippen LogP contribution in [0.3, 0.4) is 0 Å². The summed E-state index contributed by atoms with van der Waals surface area (Å²) in [5.41, 5.74) is 0. The number of carbonyl (C=O) groups excluding carboxylic acids is 1. The molecule has 0 spiro atoms. The number of ether oxygens (including phenoxy) is 4. The molecule has 14 nitrogen and oxygen atoms in total. The maximum Gasteiger partial charge on any atom is 0.220 e. The first-order chi connectivity index (χ1) is 49.6. The Bertz CT molecular complexity index is 2220. The van der Waals surface area contributed by atoms with E-state index in [9.17, 15) is 45.6 Å². The van der Waals surface area contributed by atoms with Crippen molar-refractivity contribution >= 4 is 5.91 Å². The van der Waals surface area contributed by atoms with Crippen LogP contribution in [0.4, 0.5) is 0 Å². The molecule has 1 amide bonds. The summed E-state index contributed by atoms with van der Waals surface area (Å²) in [5.74, 6) is -0.252. The lowest BCUT2D eigenvalue weighted by Crippen LogP contribution is -2.65. The summed E-state index contributed by atoms with van der Waals surface area (Å²) in [6.45, 7) is 2.70. The molecule has 9 N–H and O–H groups in total. The predicted molar refractivity (Wildman–Crippen MR) is 419 cm³/mol. The molecule has 2 rings (SSSR count). The smallest absolute Gasteiger partial charge is 0.220 e. The van der Waals surface area contributed by atoms with Crippen LogP contribution in [0, 0.1) is 0 Å². The van der Waals surface area contributed by atoms with Gasteiger partial charge in [0.2, 0.25) is 5.91 Å². The first kappa shape index (κ1) is 93.2. The number of nitrogens with one attached hydrogen (secondary N) is 1. The lowest BCUT2D eigenvalue weighted by atomic mass is 9.97. The maximum absolute atomic E-state index is 13.4. The second-order valence-electron chi connectivity index (χ2n) is 28.2. The molecular formula is C87H149NO13. The van der Waals surface area contributed by atoms with Crippen LogP contribution in [0.2, 0.25) is 0 Å². The van der Waals surface area contributed by atoms with Gasteiger partial charge in [-0.1, -0.05) is 340 Å². The van der Waals surface area contributed by atoms with Crippen LogP contribution in [0.25, 0.3) is 0 Å². The van der Waals surface area contributed by atoms with Crippen LogP contribution in [0.5, 0.6) is 0 Å². The van der Waals surface area contributed by atoms with E-state index in [1.807, 2.05) is 6.08 Å². The molecule has 2 saturated heterocycles. The molecule has 0 radical (unpaired) electrons. The fraction of sp³-hybridized carbons (Fsp3) is 0.736. The zero-order valence-electron chi connectivity index (χ0n) is 63.6. The molecule has 2 heterocycles. The zero-order valence-corrected chi connectivity index (χ0v) is 63.6. The van der Waals surface area contributed by atoms with E-state index < -0.39 is 86.8 Å². The highest BCUT2D eigenvalue weighted by atomic mass is 16.7. The summed E-state index contributed by atoms with van der Waals surface area (Å²) < 4.78 is 22.9. The number of hydrogen-bond donors (Lipinski definition) is 9. The van der Waals surface area contributed by atoms with Crippen molar-refractivity contribution in [3.8, 4) is 0 Å². The summed E-state index contributed by atoms with van der Waals surface area (Å²) in [7, 11) is 0. The Morgan fingerprint density at radius 2 is 0.693 bits per heavy atom. The second-order valence-corrected chi connectivity index (χ2v) is 28.2. The van der Waals surface area contributed by atoms with Gasteiger partial charge in [0.05, 0.1) is 32.0 Å². The average Bonchev–Trinajstić information content (AvgIpc) is 0.792. The van der Waals surface area contributed by atoms with E-state index in [0.29, 0.717) is 12.8 Å². The molecule has 0 saturated carbocycles. The third kappa shape index (κ3) is 51.9. The topological polar surface area (TPSA) is 228 Å². The Labute approximate surface area is 615 Å². The number of amides is 1. The summed E-state index contributed by atoms with van der Waals surface area (Å²) in [6.07, 6.45) is 86.7. The molecule has 0 bridgehead atoms. The average molecular weight is 1420 g/mol. The minimum atomic E-state index is -1.80. The molecule has 0 aliphatic carbocycles. The minimum absolute atomic E-state index is 0.252. The van der Waals surface area contributed by atoms with Gasteiger partial charge in [0.25, 0.3) is 0 Å². The molecule has 101 heavy (non-hydrogen) atoms. The van der Waals surface area contributed by atoms with Gasteiger partial charge in [-0.15, -0.1) is 0 Å². The Morgan fingerprint density at radius 1 is 0.366 bits per heavy atom. The van der Waals surface area contributed by atoms with E-state index in [1.165, 1.54) is 186 Å². The van der Waals surface area contributed by atoms with Gasteiger partial charge in [0, 0.05) is 6.42 Å². The lowest BCUT2D eigenvalue weighted by Gasteiger charge is -2.46. The third-order valence-electron chi connectivity index (χ3n) is 19.1. The van der Waals surface area contributed by atoms with Crippen molar-refractivity contribution < 1.29 is 64.6 Å². The van der Waals surface area contributed by atoms with Crippen LogP contribution < -0.4 is 5.32 Å². The van der Waals surface area contributed by atoms with Gasteiger partial charge in [-0.3, -0.25) is 4.79 Å². The number of aliphatic hydroxyl groups is 8. The maximum atomic E-state index is 13.4. The number of carbonyl (C=O) groups is 1. The first-order valence-corrected chi connectivity index (χ1v) is 40.9. The molecule has 2 aliphatic rings. The molecule has 12 unspecified atom stereocenters. The van der Waals surface area contributed by atoms with Crippen molar-refractivity contribution in [2.45, 2.75) is 389 Å². The van der Waals surface area contributed by atoms with E-state index in [0.717, 1.165) is 96.3 Å². The summed E-state index contributed by atoms with van der Waals surface area (Å²) >= 11 is 0. The number of hydrogen-bond acceptors (Lipinski definition) is 13. The van der Waals surface area contributed by atoms with E-state index in [2.05, 4.69) is 141 Å². The Kier molecular flexibility index (Phi) is 63.9. The highest BCUT2D eigenvalue weighted by Gasteiger charge is 2.51. The lowest BCUT2D eigenvalue weighted by molar-refractivity contribution is -0.359. The molecule has 14 heteroatoms. The van der Waals surface area contributed by atoms with Crippen molar-refractivity contribution in [1.82, 2.24) is 5.32 Å². The van der Waals surface area contributed by atoms with Crippen LogP contribution in [0.1, 0.15) is 316 Å². The summed E-state index contributed by atoms with van der Waals surface area (Å²) in [5, 5.41) is 87.7. The largest absolute Gasteiger partial charge is 0.394 e. The second kappa shape index (κ2) is 69.2. The standard InChI is InChI=1S/C87H149NO13/c1-3-5-7-9-11-13-15-17-19-21-23-25-27-29-31-32-33-34-35-36-37-38-39-40-41-42-43-44-45-47-49-51-53-55-57-59-61-63-65-67-69-71-79(92)88-75(74-98-86-84(97)82(95)85(78(73-90)100-86)101-87-83(96)81(94)80(93)77(72-89)99-87)76(91)70-68-66-64-62-60-58-56-54-52-50-48-46-30-28-26-24-22-20-18-16-14-12-10-8-6-4-2/h5,7,11,13,17,19,23,25,29,31,33-34,36-37,39-40,42-43,60,62,68,70,75-78,80-87,89-91,93-97H,3-4,6,8-10,12,14-16,18,20-22,24,26-28,30,32,35,38,41,44-59,61,63-67,69,71-74H2,1-2H3,(H,88,92)/b7-5-,13-11-,19-17-,25-23-,31-29-,34-33-,37-36-,40-39-,43-42-,62-60+,70-68+. The van der Waals surface area contributed by atoms with Crippen LogP contribution in [-0.4, -0.2) is 140 Å². The molecule has 0 aromatic heterocycles. The normalized spacial score (nSPS) is 22.5. The fourth-order valence-corrected chi connectivity index (χ4v) is 12.7.